The van der Waals surface area contributed by atoms with Crippen molar-refractivity contribution in [2.45, 2.75) is 26.0 Å². The first kappa shape index (κ1) is 9.57. The Balaban J connectivity index is 2.74. The van der Waals surface area contributed by atoms with Gasteiger partial charge in [-0.25, -0.2) is 9.59 Å². The Morgan fingerprint density at radius 3 is 2.85 bits per heavy atom. The van der Waals surface area contributed by atoms with Gasteiger partial charge >= 0.3 is 12.1 Å². The topological polar surface area (TPSA) is 75.6 Å². The van der Waals surface area contributed by atoms with Crippen LogP contribution in [0.5, 0.6) is 0 Å². The maximum Gasteiger partial charge on any atom is 0.405 e. The molecule has 72 valence electrons. The molecule has 1 rings (SSSR count). The Labute approximate surface area is 75.4 Å². The van der Waals surface area contributed by atoms with Gasteiger partial charge in [-0.1, -0.05) is 0 Å². The standard InChI is InChI=1S/C8H11NO4/c1-4-3-6(9-8(11)12)5(2)13-7(4)10/h3,5-6,9H,1-2H3,(H,11,12)/t5-,6-/m1/s1. The average molecular weight is 185 g/mol. The molecule has 5 heteroatoms. The van der Waals surface area contributed by atoms with Gasteiger partial charge in [0.25, 0.3) is 0 Å². The number of hydrogen-bond donors (Lipinski definition) is 2. The molecule has 2 N–H and O–H groups in total. The third-order valence-electron chi connectivity index (χ3n) is 1.84. The molecule has 1 heterocycles. The van der Waals surface area contributed by atoms with E-state index in [1.807, 2.05) is 0 Å². The van der Waals surface area contributed by atoms with Crippen molar-refractivity contribution < 1.29 is 19.4 Å². The van der Waals surface area contributed by atoms with Crippen molar-refractivity contribution >= 4 is 12.1 Å². The molecular formula is C8H11NO4. The molecule has 0 bridgehead atoms. The van der Waals surface area contributed by atoms with Crippen LogP contribution in [0, 0.1) is 0 Å². The van der Waals surface area contributed by atoms with Crippen LogP contribution in [-0.2, 0) is 9.53 Å². The summed E-state index contributed by atoms with van der Waals surface area (Å²) in [5, 5.41) is 10.7. The molecule has 0 saturated heterocycles. The molecule has 0 radical (unpaired) electrons. The van der Waals surface area contributed by atoms with Crippen LogP contribution < -0.4 is 5.32 Å². The summed E-state index contributed by atoms with van der Waals surface area (Å²) in [5.41, 5.74) is 0.428. The van der Waals surface area contributed by atoms with E-state index in [-0.39, 0.29) is 0 Å². The minimum Gasteiger partial charge on any atom is -0.465 e. The van der Waals surface area contributed by atoms with Gasteiger partial charge in [0.2, 0.25) is 0 Å². The summed E-state index contributed by atoms with van der Waals surface area (Å²) >= 11 is 0. The molecule has 1 aliphatic rings. The Hall–Kier alpha value is -1.52. The van der Waals surface area contributed by atoms with Crippen LogP contribution in [0.2, 0.25) is 0 Å². The van der Waals surface area contributed by atoms with Gasteiger partial charge in [0.05, 0.1) is 6.04 Å². The fraction of sp³-hybridized carbons (Fsp3) is 0.500. The number of rotatable bonds is 1. The Morgan fingerprint density at radius 2 is 2.31 bits per heavy atom. The second kappa shape index (κ2) is 3.47. The van der Waals surface area contributed by atoms with Gasteiger partial charge in [-0.15, -0.1) is 0 Å². The quantitative estimate of drug-likeness (QED) is 0.584. The largest absolute Gasteiger partial charge is 0.465 e. The number of cyclic esters (lactones) is 1. The van der Waals surface area contributed by atoms with Crippen molar-refractivity contribution in [1.29, 1.82) is 0 Å². The van der Waals surface area contributed by atoms with Crippen LogP contribution in [0.1, 0.15) is 13.8 Å². The van der Waals surface area contributed by atoms with Crippen LogP contribution >= 0.6 is 0 Å². The zero-order chi connectivity index (χ0) is 10.0. The second-order valence-electron chi connectivity index (χ2n) is 2.94. The molecule has 1 amide bonds. The first-order chi connectivity index (χ1) is 6.00. The van der Waals surface area contributed by atoms with E-state index in [0.29, 0.717) is 5.57 Å². The van der Waals surface area contributed by atoms with Gasteiger partial charge in [0.1, 0.15) is 6.10 Å². The highest BCUT2D eigenvalue weighted by molar-refractivity contribution is 5.89. The average Bonchev–Trinajstić information content (AvgIpc) is 1.99. The van der Waals surface area contributed by atoms with Crippen LogP contribution in [0.15, 0.2) is 11.6 Å². The summed E-state index contributed by atoms with van der Waals surface area (Å²) in [4.78, 5) is 21.3. The van der Waals surface area contributed by atoms with Gasteiger partial charge in [0, 0.05) is 5.57 Å². The summed E-state index contributed by atoms with van der Waals surface area (Å²) in [6.07, 6.45) is -0.0175. The third-order valence-corrected chi connectivity index (χ3v) is 1.84. The van der Waals surface area contributed by atoms with E-state index in [2.05, 4.69) is 5.32 Å². The molecule has 2 atom stereocenters. The summed E-state index contributed by atoms with van der Waals surface area (Å²) in [7, 11) is 0. The monoisotopic (exact) mass is 185 g/mol. The normalized spacial score (nSPS) is 27.5. The van der Waals surface area contributed by atoms with Crippen molar-refractivity contribution in [3.63, 3.8) is 0 Å². The summed E-state index contributed by atoms with van der Waals surface area (Å²) < 4.78 is 4.88. The molecular weight excluding hydrogens is 174 g/mol. The van der Waals surface area contributed by atoms with Crippen LogP contribution in [0.3, 0.4) is 0 Å². The number of ether oxygens (including phenoxy) is 1. The van der Waals surface area contributed by atoms with Gasteiger partial charge in [-0.3, -0.25) is 0 Å². The van der Waals surface area contributed by atoms with Gasteiger partial charge < -0.3 is 15.2 Å². The van der Waals surface area contributed by atoms with E-state index < -0.39 is 24.2 Å². The Morgan fingerprint density at radius 1 is 1.69 bits per heavy atom. The third kappa shape index (κ3) is 2.21. The predicted octanol–water partition coefficient (Wildman–Crippen LogP) is 0.514. The van der Waals surface area contributed by atoms with Crippen molar-refractivity contribution in [3.05, 3.63) is 11.6 Å². The van der Waals surface area contributed by atoms with Crippen molar-refractivity contribution in [3.8, 4) is 0 Å². The van der Waals surface area contributed by atoms with E-state index in [9.17, 15) is 9.59 Å². The molecule has 1 aliphatic heterocycles. The van der Waals surface area contributed by atoms with E-state index in [1.165, 1.54) is 0 Å². The number of carboxylic acid groups (broad SMARTS) is 1. The summed E-state index contributed by atoms with van der Waals surface area (Å²) in [6, 6.07) is -0.449. The molecule has 0 aromatic rings. The Bertz CT molecular complexity index is 271. The number of esters is 1. The second-order valence-corrected chi connectivity index (χ2v) is 2.94. The fourth-order valence-corrected chi connectivity index (χ4v) is 1.11. The van der Waals surface area contributed by atoms with Crippen LogP contribution in [0.4, 0.5) is 4.79 Å². The summed E-state index contributed by atoms with van der Waals surface area (Å²) in [5.74, 6) is -0.393. The van der Waals surface area contributed by atoms with Crippen molar-refractivity contribution in [2.75, 3.05) is 0 Å². The van der Waals surface area contributed by atoms with Gasteiger partial charge in [0.15, 0.2) is 0 Å². The minimum absolute atomic E-state index is 0.393. The van der Waals surface area contributed by atoms with Gasteiger partial charge in [-0.05, 0) is 19.9 Å². The highest BCUT2D eigenvalue weighted by atomic mass is 16.5. The molecule has 0 fully saturated rings. The lowest BCUT2D eigenvalue weighted by Gasteiger charge is -2.25. The number of hydrogen-bond acceptors (Lipinski definition) is 3. The van der Waals surface area contributed by atoms with Gasteiger partial charge in [-0.2, -0.15) is 0 Å². The molecule has 0 spiro atoms. The smallest absolute Gasteiger partial charge is 0.405 e. The zero-order valence-corrected chi connectivity index (χ0v) is 7.40. The molecule has 0 aromatic carbocycles. The molecule has 5 nitrogen and oxygen atoms in total. The van der Waals surface area contributed by atoms with E-state index in [1.54, 1.807) is 19.9 Å². The number of carbonyl (C=O) groups excluding carboxylic acids is 1. The fourth-order valence-electron chi connectivity index (χ4n) is 1.11. The molecule has 0 aliphatic carbocycles. The molecule has 0 unspecified atom stereocenters. The minimum atomic E-state index is -1.13. The number of carbonyl (C=O) groups is 2. The Kier molecular flexibility index (Phi) is 2.55. The lowest BCUT2D eigenvalue weighted by Crippen LogP contribution is -2.44. The molecule has 13 heavy (non-hydrogen) atoms. The zero-order valence-electron chi connectivity index (χ0n) is 7.40. The maximum absolute atomic E-state index is 11.0. The lowest BCUT2D eigenvalue weighted by molar-refractivity contribution is -0.145. The number of nitrogens with one attached hydrogen (secondary N) is 1. The first-order valence-electron chi connectivity index (χ1n) is 3.89. The van der Waals surface area contributed by atoms with E-state index in [4.69, 9.17) is 9.84 Å². The van der Waals surface area contributed by atoms with Crippen molar-refractivity contribution in [1.82, 2.24) is 5.32 Å². The highest BCUT2D eigenvalue weighted by Gasteiger charge is 2.26. The van der Waals surface area contributed by atoms with Crippen LogP contribution in [-0.4, -0.2) is 29.3 Å². The van der Waals surface area contributed by atoms with E-state index in [0.717, 1.165) is 0 Å². The first-order valence-corrected chi connectivity index (χ1v) is 3.89. The maximum atomic E-state index is 11.0. The lowest BCUT2D eigenvalue weighted by atomic mass is 10.1. The molecule has 0 saturated carbocycles. The highest BCUT2D eigenvalue weighted by Crippen LogP contribution is 2.13. The van der Waals surface area contributed by atoms with Crippen LogP contribution in [0.25, 0.3) is 0 Å². The predicted molar refractivity (Wildman–Crippen MR) is 44.3 cm³/mol. The number of amides is 1. The van der Waals surface area contributed by atoms with Crippen molar-refractivity contribution in [2.24, 2.45) is 0 Å². The van der Waals surface area contributed by atoms with E-state index >= 15 is 0 Å². The molecule has 0 aromatic heterocycles. The SMILES string of the molecule is CC1=C[C@@H](NC(=O)O)[C@@H](C)OC1=O. The summed E-state index contributed by atoms with van der Waals surface area (Å²) in [6.45, 7) is 3.23.